The van der Waals surface area contributed by atoms with Crippen molar-refractivity contribution in [3.8, 4) is 0 Å². The molecular weight excluding hydrogens is 280 g/mol. The van der Waals surface area contributed by atoms with Crippen LogP contribution in [0.1, 0.15) is 35.6 Å². The van der Waals surface area contributed by atoms with Gasteiger partial charge in [0.05, 0.1) is 0 Å². The maximum atomic E-state index is 12.5. The number of nitrogens with zero attached hydrogens (tertiary/aromatic N) is 2. The van der Waals surface area contributed by atoms with E-state index in [0.717, 1.165) is 11.1 Å². The predicted octanol–water partition coefficient (Wildman–Crippen LogP) is 1.34. The summed E-state index contributed by atoms with van der Waals surface area (Å²) in [6, 6.07) is 7.85. The van der Waals surface area contributed by atoms with E-state index in [1.807, 2.05) is 31.2 Å². The number of hydrogen-bond donors (Lipinski definition) is 2. The number of aryl methyl sites for hydroxylation is 1. The molecule has 6 nitrogen and oxygen atoms in total. The third kappa shape index (κ3) is 3.00. The summed E-state index contributed by atoms with van der Waals surface area (Å²) in [5, 5.41) is 2.89. The second kappa shape index (κ2) is 6.01. The fourth-order valence-corrected chi connectivity index (χ4v) is 2.25. The summed E-state index contributed by atoms with van der Waals surface area (Å²) in [6.07, 6.45) is 3.03. The van der Waals surface area contributed by atoms with Crippen LogP contribution in [0.5, 0.6) is 0 Å². The lowest BCUT2D eigenvalue weighted by Gasteiger charge is -2.26. The van der Waals surface area contributed by atoms with Crippen molar-refractivity contribution in [1.29, 1.82) is 0 Å². The van der Waals surface area contributed by atoms with Crippen LogP contribution in [0.3, 0.4) is 0 Å². The van der Waals surface area contributed by atoms with Gasteiger partial charge in [-0.2, -0.15) is 0 Å². The minimum Gasteiger partial charge on any atom is -0.363 e. The van der Waals surface area contributed by atoms with Crippen LogP contribution >= 0.6 is 0 Å². The predicted molar refractivity (Wildman–Crippen MR) is 83.1 cm³/mol. The van der Waals surface area contributed by atoms with Crippen LogP contribution in [-0.4, -0.2) is 21.4 Å². The molecule has 0 bridgehead atoms. The maximum absolute atomic E-state index is 12.5. The molecule has 1 aromatic heterocycles. The number of carbonyl (C=O) groups excluding carboxylic acids is 2. The van der Waals surface area contributed by atoms with Crippen LogP contribution in [0.2, 0.25) is 0 Å². The Labute approximate surface area is 129 Å². The molecule has 0 fully saturated rings. The lowest BCUT2D eigenvalue weighted by Crippen LogP contribution is -2.45. The SMILES string of the molecule is Cc1ccccc1CNC(=O)C(C)(C)n1ccnc1C(N)=O. The third-order valence-electron chi connectivity index (χ3n) is 3.72. The molecule has 0 spiro atoms. The first-order valence-electron chi connectivity index (χ1n) is 7.00. The number of nitrogens with two attached hydrogens (primary N) is 1. The number of carbonyl (C=O) groups is 2. The number of imidazole rings is 1. The van der Waals surface area contributed by atoms with Crippen LogP contribution in [0.25, 0.3) is 0 Å². The Kier molecular flexibility index (Phi) is 4.30. The Morgan fingerprint density at radius 3 is 2.64 bits per heavy atom. The highest BCUT2D eigenvalue weighted by Crippen LogP contribution is 2.18. The van der Waals surface area contributed by atoms with E-state index < -0.39 is 11.4 Å². The van der Waals surface area contributed by atoms with Crippen molar-refractivity contribution in [2.24, 2.45) is 5.73 Å². The topological polar surface area (TPSA) is 90.0 Å². The molecule has 1 heterocycles. The highest BCUT2D eigenvalue weighted by molar-refractivity contribution is 5.91. The van der Waals surface area contributed by atoms with E-state index in [2.05, 4.69) is 10.3 Å². The first kappa shape index (κ1) is 15.8. The molecule has 0 aliphatic rings. The molecule has 0 radical (unpaired) electrons. The zero-order valence-corrected chi connectivity index (χ0v) is 13.0. The molecule has 116 valence electrons. The van der Waals surface area contributed by atoms with E-state index in [4.69, 9.17) is 5.73 Å². The van der Waals surface area contributed by atoms with Gasteiger partial charge >= 0.3 is 0 Å². The molecule has 0 aliphatic carbocycles. The molecule has 2 aromatic rings. The molecule has 2 amide bonds. The summed E-state index contributed by atoms with van der Waals surface area (Å²) < 4.78 is 1.49. The number of amides is 2. The largest absolute Gasteiger partial charge is 0.363 e. The molecule has 0 saturated heterocycles. The van der Waals surface area contributed by atoms with Crippen molar-refractivity contribution in [2.75, 3.05) is 0 Å². The van der Waals surface area contributed by atoms with Gasteiger partial charge in [0.2, 0.25) is 5.91 Å². The Balaban J connectivity index is 2.16. The Morgan fingerprint density at radius 2 is 2.00 bits per heavy atom. The molecule has 0 aliphatic heterocycles. The smallest absolute Gasteiger partial charge is 0.284 e. The van der Waals surface area contributed by atoms with E-state index in [-0.39, 0.29) is 11.7 Å². The van der Waals surface area contributed by atoms with Gasteiger partial charge in [-0.3, -0.25) is 9.59 Å². The minimum absolute atomic E-state index is 0.0658. The monoisotopic (exact) mass is 300 g/mol. The van der Waals surface area contributed by atoms with Crippen LogP contribution < -0.4 is 11.1 Å². The average molecular weight is 300 g/mol. The normalized spacial score (nSPS) is 11.2. The molecule has 6 heteroatoms. The van der Waals surface area contributed by atoms with Gasteiger partial charge in [-0.05, 0) is 31.9 Å². The molecule has 0 saturated carbocycles. The van der Waals surface area contributed by atoms with Gasteiger partial charge in [0.15, 0.2) is 5.82 Å². The Morgan fingerprint density at radius 1 is 1.32 bits per heavy atom. The number of hydrogen-bond acceptors (Lipinski definition) is 3. The second-order valence-corrected chi connectivity index (χ2v) is 5.65. The van der Waals surface area contributed by atoms with E-state index in [1.165, 1.54) is 10.8 Å². The van der Waals surface area contributed by atoms with Crippen LogP contribution in [0, 0.1) is 6.92 Å². The maximum Gasteiger partial charge on any atom is 0.284 e. The fourth-order valence-electron chi connectivity index (χ4n) is 2.25. The van der Waals surface area contributed by atoms with Crippen molar-refractivity contribution in [1.82, 2.24) is 14.9 Å². The number of rotatable bonds is 5. The van der Waals surface area contributed by atoms with Crippen molar-refractivity contribution in [3.05, 3.63) is 53.6 Å². The minimum atomic E-state index is -0.969. The number of aromatic nitrogens is 2. The van der Waals surface area contributed by atoms with Gasteiger partial charge < -0.3 is 15.6 Å². The first-order chi connectivity index (χ1) is 10.3. The van der Waals surface area contributed by atoms with Gasteiger partial charge in [0, 0.05) is 18.9 Å². The molecule has 3 N–H and O–H groups in total. The molecule has 2 rings (SSSR count). The lowest BCUT2D eigenvalue weighted by atomic mass is 10.0. The summed E-state index contributed by atoms with van der Waals surface area (Å²) in [5.41, 5.74) is 6.48. The van der Waals surface area contributed by atoms with Crippen molar-refractivity contribution in [3.63, 3.8) is 0 Å². The number of benzene rings is 1. The van der Waals surface area contributed by atoms with E-state index in [1.54, 1.807) is 20.0 Å². The van der Waals surface area contributed by atoms with Gasteiger partial charge in [-0.25, -0.2) is 4.98 Å². The zero-order chi connectivity index (χ0) is 16.3. The zero-order valence-electron chi connectivity index (χ0n) is 13.0. The molecular formula is C16H20N4O2. The van der Waals surface area contributed by atoms with Gasteiger partial charge in [-0.1, -0.05) is 24.3 Å². The number of nitrogens with one attached hydrogen (secondary N) is 1. The summed E-state index contributed by atoms with van der Waals surface area (Å²) in [5.74, 6) is -0.808. The van der Waals surface area contributed by atoms with Crippen molar-refractivity contribution >= 4 is 11.8 Å². The van der Waals surface area contributed by atoms with Gasteiger partial charge in [0.25, 0.3) is 5.91 Å². The van der Waals surface area contributed by atoms with E-state index in [9.17, 15) is 9.59 Å². The van der Waals surface area contributed by atoms with Gasteiger partial charge in [0.1, 0.15) is 5.54 Å². The summed E-state index contributed by atoms with van der Waals surface area (Å²) in [6.45, 7) is 5.85. The van der Waals surface area contributed by atoms with E-state index in [0.29, 0.717) is 6.54 Å². The standard InChI is InChI=1S/C16H20N4O2/c1-11-6-4-5-7-12(11)10-19-15(22)16(2,3)20-9-8-18-14(20)13(17)21/h4-9H,10H2,1-3H3,(H2,17,21)(H,19,22). The third-order valence-corrected chi connectivity index (χ3v) is 3.72. The molecule has 0 atom stereocenters. The van der Waals surface area contributed by atoms with E-state index >= 15 is 0 Å². The van der Waals surface area contributed by atoms with Gasteiger partial charge in [-0.15, -0.1) is 0 Å². The van der Waals surface area contributed by atoms with Crippen LogP contribution in [-0.2, 0) is 16.9 Å². The van der Waals surface area contributed by atoms with Crippen molar-refractivity contribution < 1.29 is 9.59 Å². The molecule has 0 unspecified atom stereocenters. The summed E-state index contributed by atoms with van der Waals surface area (Å²) in [4.78, 5) is 27.8. The quantitative estimate of drug-likeness (QED) is 0.873. The average Bonchev–Trinajstić information content (AvgIpc) is 2.96. The lowest BCUT2D eigenvalue weighted by molar-refractivity contribution is -0.128. The second-order valence-electron chi connectivity index (χ2n) is 5.65. The van der Waals surface area contributed by atoms with Crippen LogP contribution in [0.15, 0.2) is 36.7 Å². The Bertz CT molecular complexity index is 704. The fraction of sp³-hybridized carbons (Fsp3) is 0.312. The number of primary amides is 1. The van der Waals surface area contributed by atoms with Crippen LogP contribution in [0.4, 0.5) is 0 Å². The molecule has 1 aromatic carbocycles. The first-order valence-corrected chi connectivity index (χ1v) is 7.00. The highest BCUT2D eigenvalue weighted by Gasteiger charge is 2.32. The van der Waals surface area contributed by atoms with Crippen molar-refractivity contribution in [2.45, 2.75) is 32.9 Å². The Hall–Kier alpha value is -2.63. The molecule has 22 heavy (non-hydrogen) atoms. The summed E-state index contributed by atoms with van der Waals surface area (Å²) >= 11 is 0. The summed E-state index contributed by atoms with van der Waals surface area (Å²) in [7, 11) is 0. The highest BCUT2D eigenvalue weighted by atomic mass is 16.2.